The molecule has 0 atom stereocenters. The highest BCUT2D eigenvalue weighted by molar-refractivity contribution is 5.86. The molecule has 1 aliphatic rings. The Labute approximate surface area is 98.6 Å². The Morgan fingerprint density at radius 3 is 3.00 bits per heavy atom. The number of nitrogen functional groups attached to an aromatic ring is 1. The van der Waals surface area contributed by atoms with Crippen LogP contribution in [0.3, 0.4) is 0 Å². The van der Waals surface area contributed by atoms with Crippen LogP contribution in [-0.2, 0) is 0 Å². The van der Waals surface area contributed by atoms with E-state index in [-0.39, 0.29) is 6.10 Å². The summed E-state index contributed by atoms with van der Waals surface area (Å²) in [5, 5.41) is 12.3. The lowest BCUT2D eigenvalue weighted by Crippen LogP contribution is -2.33. The maximum Gasteiger partial charge on any atom is 0.295 e. The third-order valence-electron chi connectivity index (χ3n) is 3.20. The van der Waals surface area contributed by atoms with Crippen LogP contribution in [0.25, 0.3) is 11.1 Å². The fraction of sp³-hybridized carbons (Fsp3) is 0.417. The number of anilines is 2. The number of aliphatic hydroxyl groups excluding tert-OH is 1. The first-order valence-corrected chi connectivity index (χ1v) is 5.79. The predicted molar refractivity (Wildman–Crippen MR) is 65.6 cm³/mol. The van der Waals surface area contributed by atoms with Crippen LogP contribution >= 0.6 is 0 Å². The molecule has 1 saturated carbocycles. The van der Waals surface area contributed by atoms with Crippen molar-refractivity contribution in [2.75, 3.05) is 17.6 Å². The molecule has 17 heavy (non-hydrogen) atoms. The molecule has 1 fully saturated rings. The SMILES string of the molecule is Nc1cccc2oc(NCC3CC(O)C3)nc12. The molecule has 1 aliphatic carbocycles. The lowest BCUT2D eigenvalue weighted by atomic mass is 9.82. The van der Waals surface area contributed by atoms with Gasteiger partial charge in [-0.25, -0.2) is 0 Å². The molecule has 0 amide bonds. The maximum absolute atomic E-state index is 9.18. The second kappa shape index (κ2) is 3.92. The van der Waals surface area contributed by atoms with Gasteiger partial charge in [0.05, 0.1) is 11.8 Å². The van der Waals surface area contributed by atoms with Crippen molar-refractivity contribution in [3.8, 4) is 0 Å². The highest BCUT2D eigenvalue weighted by atomic mass is 16.4. The van der Waals surface area contributed by atoms with Crippen LogP contribution in [0.2, 0.25) is 0 Å². The molecule has 0 radical (unpaired) electrons. The van der Waals surface area contributed by atoms with E-state index in [1.165, 1.54) is 0 Å². The number of nitrogens with one attached hydrogen (secondary N) is 1. The second-order valence-electron chi connectivity index (χ2n) is 4.59. The van der Waals surface area contributed by atoms with E-state index in [0.717, 1.165) is 19.4 Å². The average molecular weight is 233 g/mol. The molecule has 0 unspecified atom stereocenters. The van der Waals surface area contributed by atoms with Crippen molar-refractivity contribution in [2.45, 2.75) is 18.9 Å². The van der Waals surface area contributed by atoms with Gasteiger partial charge in [0, 0.05) is 6.54 Å². The Morgan fingerprint density at radius 2 is 2.29 bits per heavy atom. The number of rotatable bonds is 3. The number of benzene rings is 1. The van der Waals surface area contributed by atoms with Gasteiger partial charge in [0.2, 0.25) is 0 Å². The zero-order chi connectivity index (χ0) is 11.8. The monoisotopic (exact) mass is 233 g/mol. The van der Waals surface area contributed by atoms with Crippen molar-refractivity contribution in [1.82, 2.24) is 4.98 Å². The van der Waals surface area contributed by atoms with Crippen molar-refractivity contribution in [2.24, 2.45) is 5.92 Å². The summed E-state index contributed by atoms with van der Waals surface area (Å²) in [6.45, 7) is 0.782. The minimum Gasteiger partial charge on any atom is -0.423 e. The summed E-state index contributed by atoms with van der Waals surface area (Å²) in [5.74, 6) is 0.511. The van der Waals surface area contributed by atoms with Crippen LogP contribution in [0.15, 0.2) is 22.6 Å². The summed E-state index contributed by atoms with van der Waals surface area (Å²) >= 11 is 0. The second-order valence-corrected chi connectivity index (χ2v) is 4.59. The van der Waals surface area contributed by atoms with E-state index in [2.05, 4.69) is 10.3 Å². The first-order chi connectivity index (χ1) is 8.22. The van der Waals surface area contributed by atoms with Gasteiger partial charge in [0.25, 0.3) is 6.01 Å². The largest absolute Gasteiger partial charge is 0.423 e. The first-order valence-electron chi connectivity index (χ1n) is 5.79. The Bertz CT molecular complexity index is 532. The number of aromatic nitrogens is 1. The lowest BCUT2D eigenvalue weighted by Gasteiger charge is -2.30. The van der Waals surface area contributed by atoms with Gasteiger partial charge in [-0.3, -0.25) is 0 Å². The summed E-state index contributed by atoms with van der Waals surface area (Å²) < 4.78 is 5.53. The van der Waals surface area contributed by atoms with E-state index in [1.54, 1.807) is 6.07 Å². The number of hydrogen-bond acceptors (Lipinski definition) is 5. The van der Waals surface area contributed by atoms with Gasteiger partial charge in [-0.05, 0) is 30.9 Å². The molecule has 5 heteroatoms. The van der Waals surface area contributed by atoms with Crippen molar-refractivity contribution in [3.05, 3.63) is 18.2 Å². The number of aliphatic hydroxyl groups is 1. The van der Waals surface area contributed by atoms with Crippen molar-refractivity contribution < 1.29 is 9.52 Å². The average Bonchev–Trinajstić information content (AvgIpc) is 2.67. The molecule has 90 valence electrons. The van der Waals surface area contributed by atoms with Crippen LogP contribution in [0.5, 0.6) is 0 Å². The number of nitrogens with zero attached hydrogens (tertiary/aromatic N) is 1. The Hall–Kier alpha value is -1.75. The van der Waals surface area contributed by atoms with E-state index in [4.69, 9.17) is 10.2 Å². The van der Waals surface area contributed by atoms with Crippen LogP contribution < -0.4 is 11.1 Å². The van der Waals surface area contributed by atoms with E-state index < -0.39 is 0 Å². The zero-order valence-corrected chi connectivity index (χ0v) is 9.39. The summed E-state index contributed by atoms with van der Waals surface area (Å²) in [5.41, 5.74) is 7.81. The van der Waals surface area contributed by atoms with E-state index in [9.17, 15) is 5.11 Å². The first kappa shape index (κ1) is 10.4. The molecular formula is C12H15N3O2. The number of hydrogen-bond donors (Lipinski definition) is 3. The Balaban J connectivity index is 1.71. The number of oxazole rings is 1. The highest BCUT2D eigenvalue weighted by Gasteiger charge is 2.27. The van der Waals surface area contributed by atoms with Gasteiger partial charge in [0.1, 0.15) is 5.52 Å². The minimum atomic E-state index is -0.124. The van der Waals surface area contributed by atoms with Gasteiger partial charge >= 0.3 is 0 Å². The molecular weight excluding hydrogens is 218 g/mol. The summed E-state index contributed by atoms with van der Waals surface area (Å²) in [7, 11) is 0. The smallest absolute Gasteiger partial charge is 0.295 e. The predicted octanol–water partition coefficient (Wildman–Crippen LogP) is 1.59. The lowest BCUT2D eigenvalue weighted by molar-refractivity contribution is 0.0485. The molecule has 4 N–H and O–H groups in total. The molecule has 1 aromatic carbocycles. The Morgan fingerprint density at radius 1 is 1.47 bits per heavy atom. The molecule has 0 saturated heterocycles. The molecule has 0 aliphatic heterocycles. The van der Waals surface area contributed by atoms with Crippen molar-refractivity contribution >= 4 is 22.8 Å². The zero-order valence-electron chi connectivity index (χ0n) is 9.39. The normalized spacial score (nSPS) is 23.6. The van der Waals surface area contributed by atoms with Crippen LogP contribution in [0, 0.1) is 5.92 Å². The summed E-state index contributed by atoms with van der Waals surface area (Å²) in [6, 6.07) is 5.99. The van der Waals surface area contributed by atoms with Gasteiger partial charge in [0.15, 0.2) is 5.58 Å². The topological polar surface area (TPSA) is 84.3 Å². The third-order valence-corrected chi connectivity index (χ3v) is 3.20. The molecule has 0 spiro atoms. The molecule has 1 aromatic heterocycles. The molecule has 1 heterocycles. The molecule has 3 rings (SSSR count). The minimum absolute atomic E-state index is 0.124. The van der Waals surface area contributed by atoms with Gasteiger partial charge in [-0.15, -0.1) is 0 Å². The van der Waals surface area contributed by atoms with Crippen molar-refractivity contribution in [1.29, 1.82) is 0 Å². The molecule has 0 bridgehead atoms. The molecule has 2 aromatic rings. The number of nitrogens with two attached hydrogens (primary N) is 1. The standard InChI is InChI=1S/C12H15N3O2/c13-9-2-1-3-10-11(9)15-12(17-10)14-6-7-4-8(16)5-7/h1-3,7-8,16H,4-6,13H2,(H,14,15). The highest BCUT2D eigenvalue weighted by Crippen LogP contribution is 2.28. The number of para-hydroxylation sites is 1. The van der Waals surface area contributed by atoms with Gasteiger partial charge < -0.3 is 20.6 Å². The number of fused-ring (bicyclic) bond motifs is 1. The van der Waals surface area contributed by atoms with E-state index in [0.29, 0.717) is 28.7 Å². The summed E-state index contributed by atoms with van der Waals surface area (Å²) in [4.78, 5) is 4.30. The Kier molecular flexibility index (Phi) is 2.40. The van der Waals surface area contributed by atoms with Crippen LogP contribution in [0.4, 0.5) is 11.7 Å². The maximum atomic E-state index is 9.18. The fourth-order valence-electron chi connectivity index (χ4n) is 2.14. The van der Waals surface area contributed by atoms with Gasteiger partial charge in [-0.2, -0.15) is 4.98 Å². The quantitative estimate of drug-likeness (QED) is 0.701. The third kappa shape index (κ3) is 1.93. The van der Waals surface area contributed by atoms with E-state index >= 15 is 0 Å². The van der Waals surface area contributed by atoms with E-state index in [1.807, 2.05) is 12.1 Å². The summed E-state index contributed by atoms with van der Waals surface area (Å²) in [6.07, 6.45) is 1.59. The van der Waals surface area contributed by atoms with Crippen LogP contribution in [-0.4, -0.2) is 22.7 Å². The van der Waals surface area contributed by atoms with Crippen molar-refractivity contribution in [3.63, 3.8) is 0 Å². The van der Waals surface area contributed by atoms with Gasteiger partial charge in [-0.1, -0.05) is 6.07 Å². The molecule has 5 nitrogen and oxygen atoms in total. The van der Waals surface area contributed by atoms with Crippen LogP contribution in [0.1, 0.15) is 12.8 Å². The fourth-order valence-corrected chi connectivity index (χ4v) is 2.14.